The van der Waals surface area contributed by atoms with Gasteiger partial charge in [0.25, 0.3) is 0 Å². The van der Waals surface area contributed by atoms with Crippen molar-refractivity contribution in [3.05, 3.63) is 29.3 Å². The molecule has 1 heterocycles. The summed E-state index contributed by atoms with van der Waals surface area (Å²) in [5, 5.41) is 9.83. The van der Waals surface area contributed by atoms with Crippen molar-refractivity contribution in [3.8, 4) is 5.75 Å². The predicted octanol–water partition coefficient (Wildman–Crippen LogP) is 1.09. The molecule has 1 aromatic carbocycles. The van der Waals surface area contributed by atoms with Crippen LogP contribution in [0.15, 0.2) is 18.2 Å². The third-order valence-corrected chi connectivity index (χ3v) is 3.69. The van der Waals surface area contributed by atoms with Gasteiger partial charge in [-0.1, -0.05) is 6.07 Å². The number of aliphatic hydroxyl groups is 1. The van der Waals surface area contributed by atoms with Crippen molar-refractivity contribution in [2.75, 3.05) is 12.0 Å². The van der Waals surface area contributed by atoms with Crippen molar-refractivity contribution in [2.24, 2.45) is 0 Å². The summed E-state index contributed by atoms with van der Waals surface area (Å²) in [7, 11) is -3.18. The SMILES string of the molecule is CC1Cc2cc(C(O)CS(C)(=O)=O)ccc2O1. The zero-order valence-electron chi connectivity index (χ0n) is 9.88. The minimum absolute atomic E-state index is 0.146. The highest BCUT2D eigenvalue weighted by molar-refractivity contribution is 7.90. The second-order valence-corrected chi connectivity index (χ2v) is 6.79. The maximum Gasteiger partial charge on any atom is 0.150 e. The fourth-order valence-corrected chi connectivity index (χ4v) is 2.80. The molecule has 2 atom stereocenters. The zero-order valence-corrected chi connectivity index (χ0v) is 10.7. The van der Waals surface area contributed by atoms with Crippen molar-refractivity contribution in [1.29, 1.82) is 0 Å². The summed E-state index contributed by atoms with van der Waals surface area (Å²) in [4.78, 5) is 0. The molecule has 0 bridgehead atoms. The Morgan fingerprint density at radius 1 is 1.53 bits per heavy atom. The first-order valence-corrected chi connectivity index (χ1v) is 7.56. The van der Waals surface area contributed by atoms with E-state index >= 15 is 0 Å². The molecule has 1 aliphatic rings. The molecule has 5 heteroatoms. The minimum atomic E-state index is -3.18. The first-order valence-electron chi connectivity index (χ1n) is 5.50. The van der Waals surface area contributed by atoms with E-state index in [1.54, 1.807) is 12.1 Å². The van der Waals surface area contributed by atoms with Gasteiger partial charge in [0.15, 0.2) is 0 Å². The zero-order chi connectivity index (χ0) is 12.6. The highest BCUT2D eigenvalue weighted by Gasteiger charge is 2.21. The number of benzene rings is 1. The lowest BCUT2D eigenvalue weighted by atomic mass is 10.0. The first-order chi connectivity index (χ1) is 7.85. The molecular formula is C12H16O4S. The van der Waals surface area contributed by atoms with Crippen LogP contribution in [0.2, 0.25) is 0 Å². The molecule has 0 aromatic heterocycles. The lowest BCUT2D eigenvalue weighted by molar-refractivity contribution is 0.201. The van der Waals surface area contributed by atoms with Gasteiger partial charge in [-0.15, -0.1) is 0 Å². The van der Waals surface area contributed by atoms with E-state index in [-0.39, 0.29) is 11.9 Å². The van der Waals surface area contributed by atoms with Crippen molar-refractivity contribution in [1.82, 2.24) is 0 Å². The second kappa shape index (κ2) is 4.31. The van der Waals surface area contributed by atoms with Crippen LogP contribution in [0.5, 0.6) is 5.75 Å². The molecule has 1 aliphatic heterocycles. The van der Waals surface area contributed by atoms with E-state index in [1.807, 2.05) is 13.0 Å². The fraction of sp³-hybridized carbons (Fsp3) is 0.500. The molecule has 17 heavy (non-hydrogen) atoms. The molecule has 0 saturated carbocycles. The Morgan fingerprint density at radius 2 is 2.24 bits per heavy atom. The summed E-state index contributed by atoms with van der Waals surface area (Å²) in [6.45, 7) is 1.98. The van der Waals surface area contributed by atoms with E-state index in [4.69, 9.17) is 4.74 Å². The predicted molar refractivity (Wildman–Crippen MR) is 64.9 cm³/mol. The van der Waals surface area contributed by atoms with Crippen molar-refractivity contribution >= 4 is 9.84 Å². The van der Waals surface area contributed by atoms with Crippen LogP contribution in [0.3, 0.4) is 0 Å². The van der Waals surface area contributed by atoms with Gasteiger partial charge >= 0.3 is 0 Å². The first kappa shape index (κ1) is 12.4. The molecular weight excluding hydrogens is 240 g/mol. The lowest BCUT2D eigenvalue weighted by Crippen LogP contribution is -2.12. The molecule has 0 radical (unpaired) electrons. The molecule has 0 spiro atoms. The number of fused-ring (bicyclic) bond motifs is 1. The van der Waals surface area contributed by atoms with Crippen LogP contribution in [0.1, 0.15) is 24.2 Å². The van der Waals surface area contributed by atoms with E-state index in [0.717, 1.165) is 24.0 Å². The number of hydrogen-bond acceptors (Lipinski definition) is 4. The van der Waals surface area contributed by atoms with Crippen LogP contribution in [0, 0.1) is 0 Å². The van der Waals surface area contributed by atoms with E-state index < -0.39 is 15.9 Å². The summed E-state index contributed by atoms with van der Waals surface area (Å²) in [6.07, 6.45) is 1.10. The van der Waals surface area contributed by atoms with E-state index in [1.165, 1.54) is 0 Å². The van der Waals surface area contributed by atoms with Gasteiger partial charge in [0.2, 0.25) is 0 Å². The Hall–Kier alpha value is -1.07. The average Bonchev–Trinajstić information content (AvgIpc) is 2.53. The largest absolute Gasteiger partial charge is 0.490 e. The topological polar surface area (TPSA) is 63.6 Å². The normalized spacial score (nSPS) is 20.8. The van der Waals surface area contributed by atoms with Crippen molar-refractivity contribution < 1.29 is 18.3 Å². The second-order valence-electron chi connectivity index (χ2n) is 4.61. The van der Waals surface area contributed by atoms with Crippen LogP contribution in [0.25, 0.3) is 0 Å². The Morgan fingerprint density at radius 3 is 2.88 bits per heavy atom. The summed E-state index contributed by atoms with van der Waals surface area (Å²) in [5.74, 6) is 0.579. The van der Waals surface area contributed by atoms with Gasteiger partial charge in [-0.2, -0.15) is 0 Å². The number of ether oxygens (including phenoxy) is 1. The molecule has 0 fully saturated rings. The monoisotopic (exact) mass is 256 g/mol. The number of hydrogen-bond donors (Lipinski definition) is 1. The van der Waals surface area contributed by atoms with Crippen LogP contribution in [0.4, 0.5) is 0 Å². The Balaban J connectivity index is 2.21. The van der Waals surface area contributed by atoms with Crippen molar-refractivity contribution in [2.45, 2.75) is 25.6 Å². The maximum atomic E-state index is 11.1. The van der Waals surface area contributed by atoms with Gasteiger partial charge in [0, 0.05) is 12.7 Å². The van der Waals surface area contributed by atoms with Gasteiger partial charge in [-0.3, -0.25) is 0 Å². The van der Waals surface area contributed by atoms with Crippen LogP contribution >= 0.6 is 0 Å². The summed E-state index contributed by atoms with van der Waals surface area (Å²) >= 11 is 0. The minimum Gasteiger partial charge on any atom is -0.490 e. The maximum absolute atomic E-state index is 11.1. The Labute approximate surface area is 101 Å². The third kappa shape index (κ3) is 2.98. The molecule has 2 rings (SSSR count). The summed E-state index contributed by atoms with van der Waals surface area (Å²) in [6, 6.07) is 5.33. The van der Waals surface area contributed by atoms with Crippen LogP contribution in [-0.2, 0) is 16.3 Å². The smallest absolute Gasteiger partial charge is 0.150 e. The van der Waals surface area contributed by atoms with E-state index in [9.17, 15) is 13.5 Å². The highest BCUT2D eigenvalue weighted by atomic mass is 32.2. The van der Waals surface area contributed by atoms with Gasteiger partial charge < -0.3 is 9.84 Å². The van der Waals surface area contributed by atoms with E-state index in [2.05, 4.69) is 0 Å². The number of rotatable bonds is 3. The summed E-state index contributed by atoms with van der Waals surface area (Å²) < 4.78 is 27.8. The number of aliphatic hydroxyl groups excluding tert-OH is 1. The van der Waals surface area contributed by atoms with Gasteiger partial charge in [-0.05, 0) is 30.2 Å². The standard InChI is InChI=1S/C12H16O4S/c1-8-5-10-6-9(3-4-12(10)16-8)11(13)7-17(2,14)15/h3-4,6,8,11,13H,5,7H2,1-2H3. The van der Waals surface area contributed by atoms with Gasteiger partial charge in [0.05, 0.1) is 11.9 Å². The Bertz CT molecular complexity index is 521. The molecule has 2 unspecified atom stereocenters. The Kier molecular flexibility index (Phi) is 3.14. The quantitative estimate of drug-likeness (QED) is 0.879. The number of sulfone groups is 1. The molecule has 1 aromatic rings. The lowest BCUT2D eigenvalue weighted by Gasteiger charge is -2.10. The van der Waals surface area contributed by atoms with E-state index in [0.29, 0.717) is 5.56 Å². The molecule has 4 nitrogen and oxygen atoms in total. The van der Waals surface area contributed by atoms with Gasteiger partial charge in [0.1, 0.15) is 21.7 Å². The molecule has 0 aliphatic carbocycles. The summed E-state index contributed by atoms with van der Waals surface area (Å²) in [5.41, 5.74) is 1.66. The van der Waals surface area contributed by atoms with Crippen LogP contribution < -0.4 is 4.74 Å². The molecule has 0 saturated heterocycles. The van der Waals surface area contributed by atoms with Crippen LogP contribution in [-0.4, -0.2) is 31.6 Å². The molecule has 0 amide bonds. The highest BCUT2D eigenvalue weighted by Crippen LogP contribution is 2.31. The van der Waals surface area contributed by atoms with Crippen molar-refractivity contribution in [3.63, 3.8) is 0 Å². The molecule has 94 valence electrons. The fourth-order valence-electron chi connectivity index (χ4n) is 2.03. The molecule has 1 N–H and O–H groups in total. The third-order valence-electron chi connectivity index (χ3n) is 2.77. The van der Waals surface area contributed by atoms with Gasteiger partial charge in [-0.25, -0.2) is 8.42 Å². The average molecular weight is 256 g/mol.